The van der Waals surface area contributed by atoms with Crippen LogP contribution in [0.5, 0.6) is 0 Å². The van der Waals surface area contributed by atoms with E-state index in [4.69, 9.17) is 0 Å². The zero-order valence-electron chi connectivity index (χ0n) is 14.2. The quantitative estimate of drug-likeness (QED) is 0.806. The van der Waals surface area contributed by atoms with Crippen LogP contribution in [0.15, 0.2) is 12.1 Å². The number of aromatic nitrogens is 2. The number of sulfone groups is 1. The number of carbonyl (C=O) groups excluding carboxylic acids is 1. The van der Waals surface area contributed by atoms with Gasteiger partial charge in [0, 0.05) is 26.2 Å². The van der Waals surface area contributed by atoms with E-state index in [1.165, 1.54) is 4.90 Å². The number of carbonyl (C=O) groups is 1. The lowest BCUT2D eigenvalue weighted by molar-refractivity contribution is 0.0740. The molecule has 2 aliphatic rings. The van der Waals surface area contributed by atoms with Gasteiger partial charge in [0.2, 0.25) is 0 Å². The van der Waals surface area contributed by atoms with Crippen molar-refractivity contribution in [3.05, 3.63) is 17.8 Å². The molecule has 0 aromatic carbocycles. The number of piperidine rings is 1. The minimum atomic E-state index is -3.02. The molecule has 3 heterocycles. The summed E-state index contributed by atoms with van der Waals surface area (Å²) in [6.45, 7) is 4.18. The fourth-order valence-corrected chi connectivity index (χ4v) is 5.05. The molecule has 0 radical (unpaired) electrons. The van der Waals surface area contributed by atoms with Gasteiger partial charge in [0.25, 0.3) is 5.91 Å². The van der Waals surface area contributed by atoms with Gasteiger partial charge in [0.15, 0.2) is 21.3 Å². The lowest BCUT2D eigenvalue weighted by atomic mass is 9.99. The van der Waals surface area contributed by atoms with Gasteiger partial charge in [-0.3, -0.25) is 4.79 Å². The highest BCUT2D eigenvalue weighted by atomic mass is 32.2. The Morgan fingerprint density at radius 3 is 2.46 bits per heavy atom. The van der Waals surface area contributed by atoms with Crippen LogP contribution in [0.2, 0.25) is 0 Å². The van der Waals surface area contributed by atoms with Crippen molar-refractivity contribution in [1.82, 2.24) is 15.1 Å². The van der Waals surface area contributed by atoms with E-state index in [-0.39, 0.29) is 29.1 Å². The molecular weight excluding hydrogens is 328 g/mol. The summed E-state index contributed by atoms with van der Waals surface area (Å²) in [6.07, 6.45) is 2.77. The van der Waals surface area contributed by atoms with E-state index in [9.17, 15) is 13.2 Å². The van der Waals surface area contributed by atoms with Gasteiger partial charge >= 0.3 is 0 Å². The lowest BCUT2D eigenvalue weighted by Crippen LogP contribution is -2.38. The van der Waals surface area contributed by atoms with Crippen molar-refractivity contribution in [1.29, 1.82) is 0 Å². The zero-order chi connectivity index (χ0) is 17.3. The van der Waals surface area contributed by atoms with Crippen LogP contribution in [0.25, 0.3) is 0 Å². The number of rotatable bonds is 3. The van der Waals surface area contributed by atoms with E-state index in [1.54, 1.807) is 13.1 Å². The Hall–Kier alpha value is -1.70. The molecule has 24 heavy (non-hydrogen) atoms. The maximum Gasteiger partial charge on any atom is 0.274 e. The Labute approximate surface area is 143 Å². The standard InChI is InChI=1S/C16H24N4O3S/c1-12-5-8-20(9-6-12)15-4-3-14(17-18-15)16(21)19(2)13-7-10-24(22,23)11-13/h3-4,12-13H,5-11H2,1-2H3. The molecule has 7 nitrogen and oxygen atoms in total. The van der Waals surface area contributed by atoms with Gasteiger partial charge in [-0.2, -0.15) is 0 Å². The molecule has 1 unspecified atom stereocenters. The SMILES string of the molecule is CC1CCN(c2ccc(C(=O)N(C)C3CCS(=O)(=O)C3)nn2)CC1. The fourth-order valence-electron chi connectivity index (χ4n) is 3.27. The first-order chi connectivity index (χ1) is 11.4. The van der Waals surface area contributed by atoms with Gasteiger partial charge in [-0.25, -0.2) is 8.42 Å². The van der Waals surface area contributed by atoms with Crippen LogP contribution in [0, 0.1) is 5.92 Å². The van der Waals surface area contributed by atoms with Crippen molar-refractivity contribution in [2.75, 3.05) is 36.5 Å². The molecule has 1 atom stereocenters. The van der Waals surface area contributed by atoms with Gasteiger partial charge in [-0.05, 0) is 37.3 Å². The number of hydrogen-bond donors (Lipinski definition) is 0. The maximum absolute atomic E-state index is 12.5. The predicted molar refractivity (Wildman–Crippen MR) is 91.8 cm³/mol. The third-order valence-electron chi connectivity index (χ3n) is 5.05. The predicted octanol–water partition coefficient (Wildman–Crippen LogP) is 0.972. The molecule has 0 spiro atoms. The smallest absolute Gasteiger partial charge is 0.274 e. The summed E-state index contributed by atoms with van der Waals surface area (Å²) in [5.41, 5.74) is 0.260. The number of hydrogen-bond acceptors (Lipinski definition) is 6. The Morgan fingerprint density at radius 1 is 1.21 bits per heavy atom. The van der Waals surface area contributed by atoms with Gasteiger partial charge in [-0.15, -0.1) is 10.2 Å². The molecule has 3 rings (SSSR count). The minimum Gasteiger partial charge on any atom is -0.355 e. The van der Waals surface area contributed by atoms with Crippen LogP contribution in [-0.4, -0.2) is 67.1 Å². The van der Waals surface area contributed by atoms with Gasteiger partial charge < -0.3 is 9.80 Å². The highest BCUT2D eigenvalue weighted by Crippen LogP contribution is 2.21. The number of amides is 1. The highest BCUT2D eigenvalue weighted by molar-refractivity contribution is 7.91. The normalized spacial score (nSPS) is 24.1. The second-order valence-electron chi connectivity index (χ2n) is 6.92. The van der Waals surface area contributed by atoms with Crippen molar-refractivity contribution in [3.8, 4) is 0 Å². The van der Waals surface area contributed by atoms with Crippen LogP contribution >= 0.6 is 0 Å². The summed E-state index contributed by atoms with van der Waals surface area (Å²) in [7, 11) is -1.38. The van der Waals surface area contributed by atoms with E-state index in [0.29, 0.717) is 6.42 Å². The second kappa shape index (κ2) is 6.66. The zero-order valence-corrected chi connectivity index (χ0v) is 15.0. The largest absolute Gasteiger partial charge is 0.355 e. The van der Waals surface area contributed by atoms with Crippen molar-refractivity contribution >= 4 is 21.6 Å². The average Bonchev–Trinajstić information content (AvgIpc) is 2.94. The van der Waals surface area contributed by atoms with Gasteiger partial charge in [0.1, 0.15) is 0 Å². The van der Waals surface area contributed by atoms with Crippen LogP contribution in [-0.2, 0) is 9.84 Å². The summed E-state index contributed by atoms with van der Waals surface area (Å²) in [5, 5.41) is 8.27. The summed E-state index contributed by atoms with van der Waals surface area (Å²) in [6, 6.07) is 3.24. The molecule has 1 aromatic heterocycles. The fraction of sp³-hybridized carbons (Fsp3) is 0.688. The monoisotopic (exact) mass is 352 g/mol. The van der Waals surface area contributed by atoms with E-state index < -0.39 is 9.84 Å². The maximum atomic E-state index is 12.5. The number of anilines is 1. The van der Waals surface area contributed by atoms with E-state index >= 15 is 0 Å². The van der Waals surface area contributed by atoms with E-state index in [0.717, 1.165) is 37.7 Å². The van der Waals surface area contributed by atoms with E-state index in [1.807, 2.05) is 6.07 Å². The lowest BCUT2D eigenvalue weighted by Gasteiger charge is -2.30. The first-order valence-electron chi connectivity index (χ1n) is 8.42. The molecule has 2 fully saturated rings. The third kappa shape index (κ3) is 3.68. The van der Waals surface area contributed by atoms with Crippen molar-refractivity contribution in [2.45, 2.75) is 32.2 Å². The van der Waals surface area contributed by atoms with Crippen molar-refractivity contribution in [3.63, 3.8) is 0 Å². The third-order valence-corrected chi connectivity index (χ3v) is 6.80. The molecule has 0 aliphatic carbocycles. The van der Waals surface area contributed by atoms with Crippen LogP contribution in [0.1, 0.15) is 36.7 Å². The Kier molecular flexibility index (Phi) is 4.76. The Balaban J connectivity index is 1.65. The molecule has 1 amide bonds. The second-order valence-corrected chi connectivity index (χ2v) is 9.15. The van der Waals surface area contributed by atoms with E-state index in [2.05, 4.69) is 22.0 Å². The summed E-state index contributed by atoms with van der Waals surface area (Å²) in [4.78, 5) is 16.2. The Bertz CT molecular complexity index is 697. The molecule has 1 aromatic rings. The molecule has 0 bridgehead atoms. The summed E-state index contributed by atoms with van der Waals surface area (Å²) >= 11 is 0. The number of nitrogens with zero attached hydrogens (tertiary/aromatic N) is 4. The van der Waals surface area contributed by atoms with Gasteiger partial charge in [-0.1, -0.05) is 6.92 Å². The highest BCUT2D eigenvalue weighted by Gasteiger charge is 2.33. The molecule has 0 saturated carbocycles. The topological polar surface area (TPSA) is 83.5 Å². The average molecular weight is 352 g/mol. The van der Waals surface area contributed by atoms with Crippen molar-refractivity contribution < 1.29 is 13.2 Å². The summed E-state index contributed by atoms with van der Waals surface area (Å²) < 4.78 is 23.2. The first-order valence-corrected chi connectivity index (χ1v) is 10.2. The van der Waals surface area contributed by atoms with Crippen molar-refractivity contribution in [2.24, 2.45) is 5.92 Å². The van der Waals surface area contributed by atoms with Gasteiger partial charge in [0.05, 0.1) is 11.5 Å². The molecule has 132 valence electrons. The molecule has 8 heteroatoms. The molecular formula is C16H24N4O3S. The summed E-state index contributed by atoms with van der Waals surface area (Å²) in [5.74, 6) is 1.44. The van der Waals surface area contributed by atoms with Crippen LogP contribution in [0.3, 0.4) is 0 Å². The minimum absolute atomic E-state index is 0.0344. The van der Waals surface area contributed by atoms with Crippen LogP contribution in [0.4, 0.5) is 5.82 Å². The molecule has 2 saturated heterocycles. The first kappa shape index (κ1) is 17.1. The molecule has 2 aliphatic heterocycles. The Morgan fingerprint density at radius 2 is 1.92 bits per heavy atom. The van der Waals surface area contributed by atoms with Crippen LogP contribution < -0.4 is 4.90 Å². The molecule has 0 N–H and O–H groups in total.